The number of rotatable bonds is 6. The number of aromatic nitrogens is 1. The molecule has 1 aliphatic rings. The number of methoxy groups -OCH3 is 1. The summed E-state index contributed by atoms with van der Waals surface area (Å²) < 4.78 is 10.9. The number of ketones is 1. The SMILES string of the molecule is COC(=O)CCC[C@]1(C)C(=O)CC[C@@H]1OC(=O)c1cncc(Br)c1. The molecule has 6 nitrogen and oxygen atoms in total. The van der Waals surface area contributed by atoms with Gasteiger partial charge in [0.15, 0.2) is 0 Å². The van der Waals surface area contributed by atoms with Crippen molar-refractivity contribution in [3.8, 4) is 0 Å². The van der Waals surface area contributed by atoms with E-state index in [1.165, 1.54) is 13.3 Å². The number of halogens is 1. The maximum Gasteiger partial charge on any atom is 0.340 e. The normalized spacial score (nSPS) is 23.1. The second-order valence-electron chi connectivity index (χ2n) is 6.09. The van der Waals surface area contributed by atoms with Crippen molar-refractivity contribution in [2.45, 2.75) is 45.1 Å². The fourth-order valence-electron chi connectivity index (χ4n) is 2.96. The van der Waals surface area contributed by atoms with Crippen molar-refractivity contribution in [2.75, 3.05) is 7.11 Å². The predicted octanol–water partition coefficient (Wildman–Crippen LogP) is 3.08. The first kappa shape index (κ1) is 18.6. The molecule has 0 saturated heterocycles. The molecule has 1 aromatic heterocycles. The lowest BCUT2D eigenvalue weighted by Gasteiger charge is -2.29. The fraction of sp³-hybridized carbons (Fsp3) is 0.529. The van der Waals surface area contributed by atoms with Gasteiger partial charge in [-0.1, -0.05) is 0 Å². The molecule has 24 heavy (non-hydrogen) atoms. The topological polar surface area (TPSA) is 82.6 Å². The molecule has 1 saturated carbocycles. The third-order valence-electron chi connectivity index (χ3n) is 4.48. The molecule has 0 N–H and O–H groups in total. The zero-order valence-electron chi connectivity index (χ0n) is 13.7. The molecular weight excluding hydrogens is 378 g/mol. The number of carbonyl (C=O) groups is 3. The molecule has 1 fully saturated rings. The van der Waals surface area contributed by atoms with Gasteiger partial charge in [-0.25, -0.2) is 4.79 Å². The first-order valence-electron chi connectivity index (χ1n) is 7.78. The minimum Gasteiger partial charge on any atom is -0.469 e. The molecule has 2 rings (SSSR count). The van der Waals surface area contributed by atoms with Crippen molar-refractivity contribution in [3.63, 3.8) is 0 Å². The van der Waals surface area contributed by atoms with Crippen molar-refractivity contribution in [1.29, 1.82) is 0 Å². The van der Waals surface area contributed by atoms with E-state index in [9.17, 15) is 14.4 Å². The number of pyridine rings is 1. The van der Waals surface area contributed by atoms with Crippen molar-refractivity contribution in [3.05, 3.63) is 28.5 Å². The Hall–Kier alpha value is -1.76. The Bertz CT molecular complexity index is 648. The predicted molar refractivity (Wildman–Crippen MR) is 89.4 cm³/mol. The second-order valence-corrected chi connectivity index (χ2v) is 7.01. The number of carbonyl (C=O) groups excluding carboxylic acids is 3. The lowest BCUT2D eigenvalue weighted by molar-refractivity contribution is -0.141. The summed E-state index contributed by atoms with van der Waals surface area (Å²) in [6, 6.07) is 1.63. The van der Waals surface area contributed by atoms with Crippen LogP contribution in [0.15, 0.2) is 22.9 Å². The Morgan fingerprint density at radius 3 is 2.83 bits per heavy atom. The Morgan fingerprint density at radius 2 is 2.17 bits per heavy atom. The van der Waals surface area contributed by atoms with Crippen molar-refractivity contribution in [2.24, 2.45) is 5.41 Å². The van der Waals surface area contributed by atoms with Gasteiger partial charge in [-0.15, -0.1) is 0 Å². The summed E-state index contributed by atoms with van der Waals surface area (Å²) in [5.74, 6) is -0.738. The lowest BCUT2D eigenvalue weighted by atomic mass is 9.80. The molecule has 0 bridgehead atoms. The summed E-state index contributed by atoms with van der Waals surface area (Å²) in [4.78, 5) is 39.8. The smallest absolute Gasteiger partial charge is 0.340 e. The van der Waals surface area contributed by atoms with E-state index in [0.717, 1.165) is 0 Å². The van der Waals surface area contributed by atoms with E-state index in [2.05, 4.69) is 25.7 Å². The maximum atomic E-state index is 12.3. The average Bonchev–Trinajstić information content (AvgIpc) is 2.83. The maximum absolute atomic E-state index is 12.3. The van der Waals surface area contributed by atoms with E-state index >= 15 is 0 Å². The van der Waals surface area contributed by atoms with Crippen LogP contribution in [-0.2, 0) is 19.1 Å². The number of hydrogen-bond acceptors (Lipinski definition) is 6. The van der Waals surface area contributed by atoms with E-state index in [-0.39, 0.29) is 18.2 Å². The van der Waals surface area contributed by atoms with Crippen LogP contribution in [0.3, 0.4) is 0 Å². The van der Waals surface area contributed by atoms with Gasteiger partial charge in [0.25, 0.3) is 0 Å². The Kier molecular flexibility index (Phi) is 6.10. The van der Waals surface area contributed by atoms with Crippen LogP contribution >= 0.6 is 15.9 Å². The molecule has 1 aromatic rings. The highest BCUT2D eigenvalue weighted by molar-refractivity contribution is 9.10. The summed E-state index contributed by atoms with van der Waals surface area (Å²) in [6.45, 7) is 1.80. The molecule has 0 spiro atoms. The van der Waals surface area contributed by atoms with Crippen LogP contribution in [0.25, 0.3) is 0 Å². The molecule has 1 aliphatic carbocycles. The van der Waals surface area contributed by atoms with Crippen LogP contribution in [0.4, 0.5) is 0 Å². The Labute approximate surface area is 149 Å². The second kappa shape index (κ2) is 7.88. The first-order valence-corrected chi connectivity index (χ1v) is 8.58. The van der Waals surface area contributed by atoms with Crippen LogP contribution in [0, 0.1) is 5.41 Å². The van der Waals surface area contributed by atoms with Gasteiger partial charge in [-0.2, -0.15) is 0 Å². The number of esters is 2. The molecule has 2 atom stereocenters. The minimum atomic E-state index is -0.761. The largest absolute Gasteiger partial charge is 0.469 e. The highest BCUT2D eigenvalue weighted by Crippen LogP contribution is 2.41. The number of hydrogen-bond donors (Lipinski definition) is 0. The van der Waals surface area contributed by atoms with E-state index < -0.39 is 17.5 Å². The summed E-state index contributed by atoms with van der Waals surface area (Å²) in [7, 11) is 1.33. The standard InChI is InChI=1S/C17H20BrNO5/c1-17(7-3-4-15(21)23-2)13(20)5-6-14(17)24-16(22)11-8-12(18)10-19-9-11/h8-10,14H,3-7H2,1-2H3/t14-,17+/m0/s1. The molecular formula is C17H20BrNO5. The van der Waals surface area contributed by atoms with Gasteiger partial charge in [-0.05, 0) is 48.2 Å². The zero-order chi connectivity index (χ0) is 17.7. The minimum absolute atomic E-state index is 0.0672. The summed E-state index contributed by atoms with van der Waals surface area (Å²) in [5, 5.41) is 0. The third kappa shape index (κ3) is 4.20. The van der Waals surface area contributed by atoms with Crippen molar-refractivity contribution in [1.82, 2.24) is 4.98 Å². The molecule has 130 valence electrons. The number of nitrogens with zero attached hydrogens (tertiary/aromatic N) is 1. The monoisotopic (exact) mass is 397 g/mol. The van der Waals surface area contributed by atoms with Gasteiger partial charge in [0.1, 0.15) is 11.9 Å². The molecule has 0 radical (unpaired) electrons. The van der Waals surface area contributed by atoms with E-state index in [0.29, 0.717) is 35.7 Å². The van der Waals surface area contributed by atoms with Crippen LogP contribution in [0.2, 0.25) is 0 Å². The Balaban J connectivity index is 2.03. The summed E-state index contributed by atoms with van der Waals surface area (Å²) in [5.41, 5.74) is -0.427. The van der Waals surface area contributed by atoms with Gasteiger partial charge < -0.3 is 9.47 Å². The zero-order valence-corrected chi connectivity index (χ0v) is 15.3. The van der Waals surface area contributed by atoms with Crippen LogP contribution in [0.5, 0.6) is 0 Å². The van der Waals surface area contributed by atoms with Crippen molar-refractivity contribution < 1.29 is 23.9 Å². The lowest BCUT2D eigenvalue weighted by Crippen LogP contribution is -2.36. The van der Waals surface area contributed by atoms with Gasteiger partial charge in [0, 0.05) is 29.7 Å². The third-order valence-corrected chi connectivity index (χ3v) is 4.91. The molecule has 1 heterocycles. The van der Waals surface area contributed by atoms with Gasteiger partial charge in [-0.3, -0.25) is 14.6 Å². The van der Waals surface area contributed by atoms with Gasteiger partial charge in [0.05, 0.1) is 18.1 Å². The van der Waals surface area contributed by atoms with E-state index in [4.69, 9.17) is 4.74 Å². The van der Waals surface area contributed by atoms with Crippen LogP contribution in [0.1, 0.15) is 49.4 Å². The van der Waals surface area contributed by atoms with E-state index in [1.807, 2.05) is 0 Å². The highest BCUT2D eigenvalue weighted by Gasteiger charge is 2.48. The van der Waals surface area contributed by atoms with Crippen molar-refractivity contribution >= 4 is 33.7 Å². The van der Waals surface area contributed by atoms with Gasteiger partial charge in [0.2, 0.25) is 0 Å². The first-order chi connectivity index (χ1) is 11.4. The summed E-state index contributed by atoms with van der Waals surface area (Å²) >= 11 is 3.26. The van der Waals surface area contributed by atoms with Crippen LogP contribution in [-0.4, -0.2) is 35.9 Å². The van der Waals surface area contributed by atoms with Gasteiger partial charge >= 0.3 is 11.9 Å². The molecule has 0 amide bonds. The highest BCUT2D eigenvalue weighted by atomic mass is 79.9. The number of ether oxygens (including phenoxy) is 2. The Morgan fingerprint density at radius 1 is 1.42 bits per heavy atom. The van der Waals surface area contributed by atoms with Crippen LogP contribution < -0.4 is 0 Å². The quantitative estimate of drug-likeness (QED) is 0.685. The fourth-order valence-corrected chi connectivity index (χ4v) is 3.32. The number of Topliss-reactive ketones (excluding diaryl/α,β-unsaturated/α-hetero) is 1. The molecule has 0 aromatic carbocycles. The van der Waals surface area contributed by atoms with E-state index in [1.54, 1.807) is 19.2 Å². The molecule has 0 unspecified atom stereocenters. The molecule has 0 aliphatic heterocycles. The summed E-state index contributed by atoms with van der Waals surface area (Å²) in [6.07, 6.45) is 4.64. The average molecular weight is 398 g/mol. The molecule has 7 heteroatoms.